The fourth-order valence-corrected chi connectivity index (χ4v) is 5.67. The molecule has 3 rings (SSSR count). The molecule has 1 atom stereocenters. The lowest BCUT2D eigenvalue weighted by molar-refractivity contribution is -0.126. The van der Waals surface area contributed by atoms with Gasteiger partial charge in [-0.2, -0.15) is 0 Å². The topological polar surface area (TPSA) is 69.7 Å². The second-order valence-corrected chi connectivity index (χ2v) is 11.3. The van der Waals surface area contributed by atoms with Crippen LogP contribution in [-0.4, -0.2) is 62.8 Å². The molecule has 7 heteroatoms. The van der Waals surface area contributed by atoms with Crippen LogP contribution in [0.2, 0.25) is 0 Å². The third kappa shape index (κ3) is 7.13. The number of rotatable bonds is 10. The highest BCUT2D eigenvalue weighted by atomic mass is 32.2. The van der Waals surface area contributed by atoms with Gasteiger partial charge in [-0.05, 0) is 76.4 Å². The van der Waals surface area contributed by atoms with Crippen LogP contribution < -0.4 is 5.32 Å². The van der Waals surface area contributed by atoms with Crippen LogP contribution in [0.1, 0.15) is 44.6 Å². The molecule has 2 aromatic carbocycles. The third-order valence-corrected chi connectivity index (χ3v) is 8.22. The molecule has 180 valence electrons. The van der Waals surface area contributed by atoms with Gasteiger partial charge >= 0.3 is 0 Å². The van der Waals surface area contributed by atoms with Crippen LogP contribution in [0, 0.1) is 5.92 Å². The Morgan fingerprint density at radius 3 is 2.18 bits per heavy atom. The average molecular weight is 472 g/mol. The first-order valence-corrected chi connectivity index (χ1v) is 13.3. The van der Waals surface area contributed by atoms with E-state index in [2.05, 4.69) is 22.3 Å². The van der Waals surface area contributed by atoms with Crippen LogP contribution in [0.15, 0.2) is 65.6 Å². The minimum absolute atomic E-state index is 0.0933. The zero-order valence-electron chi connectivity index (χ0n) is 20.0. The van der Waals surface area contributed by atoms with Crippen molar-refractivity contribution in [3.8, 4) is 0 Å². The molecular formula is C26H37N3O3S. The lowest BCUT2D eigenvalue weighted by atomic mass is 9.93. The summed E-state index contributed by atoms with van der Waals surface area (Å²) in [7, 11) is -1.87. The van der Waals surface area contributed by atoms with Gasteiger partial charge in [-0.25, -0.2) is 12.7 Å². The summed E-state index contributed by atoms with van der Waals surface area (Å²) in [6, 6.07) is 18.9. The fraction of sp³-hybridized carbons (Fsp3) is 0.500. The summed E-state index contributed by atoms with van der Waals surface area (Å²) < 4.78 is 27.6. The molecule has 1 unspecified atom stereocenters. The number of likely N-dealkylation sites (tertiary alicyclic amines) is 1. The van der Waals surface area contributed by atoms with E-state index in [0.29, 0.717) is 11.4 Å². The zero-order valence-corrected chi connectivity index (χ0v) is 20.8. The van der Waals surface area contributed by atoms with E-state index in [9.17, 15) is 13.2 Å². The molecule has 0 spiro atoms. The van der Waals surface area contributed by atoms with E-state index in [1.54, 1.807) is 31.3 Å². The molecule has 0 aromatic heterocycles. The Hall–Kier alpha value is -2.22. The molecule has 33 heavy (non-hydrogen) atoms. The van der Waals surface area contributed by atoms with E-state index in [0.717, 1.165) is 44.5 Å². The smallest absolute Gasteiger partial charge is 0.242 e. The van der Waals surface area contributed by atoms with E-state index < -0.39 is 10.0 Å². The number of piperidine rings is 1. The maximum Gasteiger partial charge on any atom is 0.242 e. The number of carbonyl (C=O) groups is 1. The van der Waals surface area contributed by atoms with E-state index in [1.165, 1.54) is 4.31 Å². The largest absolute Gasteiger partial charge is 0.354 e. The van der Waals surface area contributed by atoms with Crippen LogP contribution in [0.3, 0.4) is 0 Å². The van der Waals surface area contributed by atoms with Crippen molar-refractivity contribution < 1.29 is 13.2 Å². The lowest BCUT2D eigenvalue weighted by Crippen LogP contribution is -2.43. The normalized spacial score (nSPS) is 16.8. The van der Waals surface area contributed by atoms with Gasteiger partial charge in [0.15, 0.2) is 0 Å². The van der Waals surface area contributed by atoms with Crippen LogP contribution in [-0.2, 0) is 14.8 Å². The maximum absolute atomic E-state index is 13.1. The van der Waals surface area contributed by atoms with Crippen LogP contribution in [0.25, 0.3) is 0 Å². The fourth-order valence-electron chi connectivity index (χ4n) is 4.43. The van der Waals surface area contributed by atoms with Crippen molar-refractivity contribution >= 4 is 15.9 Å². The number of hydrogen-bond donors (Lipinski definition) is 1. The molecule has 1 N–H and O–H groups in total. The summed E-state index contributed by atoms with van der Waals surface area (Å²) >= 11 is 0. The van der Waals surface area contributed by atoms with Crippen molar-refractivity contribution in [2.24, 2.45) is 5.92 Å². The first-order chi connectivity index (χ1) is 15.8. The molecule has 1 saturated heterocycles. The number of benzene rings is 2. The summed E-state index contributed by atoms with van der Waals surface area (Å²) in [5.74, 6) is 0.354. The highest BCUT2D eigenvalue weighted by Gasteiger charge is 2.27. The van der Waals surface area contributed by atoms with Crippen molar-refractivity contribution in [2.75, 3.05) is 33.2 Å². The second-order valence-electron chi connectivity index (χ2n) is 9.27. The van der Waals surface area contributed by atoms with Gasteiger partial charge in [-0.15, -0.1) is 0 Å². The molecule has 6 nitrogen and oxygen atoms in total. The van der Waals surface area contributed by atoms with Crippen molar-refractivity contribution in [1.82, 2.24) is 14.5 Å². The molecule has 1 fully saturated rings. The molecule has 1 amide bonds. The first-order valence-electron chi connectivity index (χ1n) is 11.9. The van der Waals surface area contributed by atoms with Gasteiger partial charge in [-0.1, -0.05) is 48.5 Å². The Labute approximate surface area is 199 Å². The molecule has 1 heterocycles. The average Bonchev–Trinajstić information content (AvgIpc) is 2.82. The molecule has 0 saturated carbocycles. The minimum Gasteiger partial charge on any atom is -0.354 e. The number of amides is 1. The molecule has 1 aliphatic heterocycles. The monoisotopic (exact) mass is 471 g/mol. The predicted molar refractivity (Wildman–Crippen MR) is 133 cm³/mol. The predicted octanol–water partition coefficient (Wildman–Crippen LogP) is 3.72. The lowest BCUT2D eigenvalue weighted by Gasteiger charge is -2.33. The molecule has 0 aliphatic carbocycles. The second kappa shape index (κ2) is 11.8. The molecule has 2 aromatic rings. The standard InChI is InChI=1S/C26H37N3O3S/c1-21(2)27-26(30)23-14-17-29(18-15-23)19-16-24(22-10-6-4-7-11-22)20-28(3)33(31,32)25-12-8-5-9-13-25/h4-13,21,23-24H,14-20H2,1-3H3,(H,27,30). The van der Waals surface area contributed by atoms with E-state index >= 15 is 0 Å². The van der Waals surface area contributed by atoms with Crippen molar-refractivity contribution in [3.05, 3.63) is 66.2 Å². The summed E-state index contributed by atoms with van der Waals surface area (Å²) in [6.07, 6.45) is 2.61. The number of sulfonamides is 1. The third-order valence-electron chi connectivity index (χ3n) is 6.38. The summed E-state index contributed by atoms with van der Waals surface area (Å²) in [4.78, 5) is 15.0. The van der Waals surface area contributed by atoms with Gasteiger partial charge in [0, 0.05) is 25.6 Å². The van der Waals surface area contributed by atoms with Gasteiger partial charge in [0.2, 0.25) is 15.9 Å². The number of likely N-dealkylation sites (N-methyl/N-ethyl adjacent to an activating group) is 1. The van der Waals surface area contributed by atoms with Gasteiger partial charge in [0.25, 0.3) is 0 Å². The Kier molecular flexibility index (Phi) is 9.06. The van der Waals surface area contributed by atoms with Gasteiger partial charge in [0.1, 0.15) is 0 Å². The van der Waals surface area contributed by atoms with E-state index in [1.807, 2.05) is 38.1 Å². The molecule has 1 aliphatic rings. The van der Waals surface area contributed by atoms with E-state index in [-0.39, 0.29) is 23.8 Å². The van der Waals surface area contributed by atoms with Crippen molar-refractivity contribution in [3.63, 3.8) is 0 Å². The number of nitrogens with zero attached hydrogens (tertiary/aromatic N) is 2. The molecular weight excluding hydrogens is 434 g/mol. The Morgan fingerprint density at radius 1 is 1.03 bits per heavy atom. The quantitative estimate of drug-likeness (QED) is 0.573. The minimum atomic E-state index is -3.54. The number of nitrogens with one attached hydrogen (secondary N) is 1. The van der Waals surface area contributed by atoms with Gasteiger partial charge < -0.3 is 10.2 Å². The highest BCUT2D eigenvalue weighted by molar-refractivity contribution is 7.89. The van der Waals surface area contributed by atoms with Crippen LogP contribution >= 0.6 is 0 Å². The number of hydrogen-bond acceptors (Lipinski definition) is 4. The summed E-state index contributed by atoms with van der Waals surface area (Å²) in [6.45, 7) is 7.09. The summed E-state index contributed by atoms with van der Waals surface area (Å²) in [5.41, 5.74) is 1.15. The molecule has 0 bridgehead atoms. The zero-order chi connectivity index (χ0) is 23.8. The summed E-state index contributed by atoms with van der Waals surface area (Å²) in [5, 5.41) is 3.03. The van der Waals surface area contributed by atoms with Gasteiger partial charge in [-0.3, -0.25) is 4.79 Å². The highest BCUT2D eigenvalue weighted by Crippen LogP contribution is 2.25. The first kappa shape index (κ1) is 25.4. The SMILES string of the molecule is CC(C)NC(=O)C1CCN(CCC(CN(C)S(=O)(=O)c2ccccc2)c2ccccc2)CC1. The Morgan fingerprint density at radius 2 is 1.61 bits per heavy atom. The maximum atomic E-state index is 13.1. The van der Waals surface area contributed by atoms with E-state index in [4.69, 9.17) is 0 Å². The number of carbonyl (C=O) groups excluding carboxylic acids is 1. The van der Waals surface area contributed by atoms with Crippen molar-refractivity contribution in [2.45, 2.75) is 50.0 Å². The Bertz CT molecular complexity index is 972. The van der Waals surface area contributed by atoms with Gasteiger partial charge in [0.05, 0.1) is 4.90 Å². The van der Waals surface area contributed by atoms with Crippen LogP contribution in [0.5, 0.6) is 0 Å². The Balaban J connectivity index is 1.61. The van der Waals surface area contributed by atoms with Crippen molar-refractivity contribution in [1.29, 1.82) is 0 Å². The van der Waals surface area contributed by atoms with Crippen LogP contribution in [0.4, 0.5) is 0 Å². The molecule has 0 radical (unpaired) electrons.